The molecule has 2 heterocycles. The minimum Gasteiger partial charge on any atom is -0.462 e. The molecule has 0 aliphatic rings. The van der Waals surface area contributed by atoms with Gasteiger partial charge in [-0.2, -0.15) is 0 Å². The van der Waals surface area contributed by atoms with Gasteiger partial charge in [0.25, 0.3) is 0 Å². The lowest BCUT2D eigenvalue weighted by molar-refractivity contribution is 0.0636. The highest BCUT2D eigenvalue weighted by atomic mass is 127. The first-order valence-corrected chi connectivity index (χ1v) is 8.74. The van der Waals surface area contributed by atoms with Gasteiger partial charge in [-0.1, -0.05) is 12.1 Å². The number of hydrogen-bond acceptors (Lipinski definition) is 5. The van der Waals surface area contributed by atoms with Gasteiger partial charge in [0, 0.05) is 17.4 Å². The monoisotopic (exact) mass is 451 g/mol. The number of hydrogen-bond donors (Lipinski definition) is 2. The number of nitrogens with two attached hydrogens (primary N) is 1. The maximum atomic E-state index is 11.8. The molecule has 3 aromatic rings. The van der Waals surface area contributed by atoms with E-state index < -0.39 is 11.7 Å². The summed E-state index contributed by atoms with van der Waals surface area (Å²) in [6.07, 6.45) is 2.86. The van der Waals surface area contributed by atoms with Gasteiger partial charge < -0.3 is 14.9 Å². The van der Waals surface area contributed by atoms with Crippen molar-refractivity contribution in [3.05, 3.63) is 40.3 Å². The van der Waals surface area contributed by atoms with Gasteiger partial charge >= 0.3 is 6.09 Å². The Hall–Kier alpha value is -2.29. The first-order chi connectivity index (χ1) is 11.7. The van der Waals surface area contributed by atoms with Crippen LogP contribution in [-0.2, 0) is 4.74 Å². The molecule has 25 heavy (non-hydrogen) atoms. The van der Waals surface area contributed by atoms with Crippen LogP contribution in [0.25, 0.3) is 22.1 Å². The van der Waals surface area contributed by atoms with Crippen molar-refractivity contribution in [3.63, 3.8) is 0 Å². The number of rotatable bonds is 2. The maximum Gasteiger partial charge on any atom is 0.412 e. The van der Waals surface area contributed by atoms with Gasteiger partial charge in [-0.3, -0.25) is 5.32 Å². The van der Waals surface area contributed by atoms with Gasteiger partial charge in [-0.05, 0) is 61.1 Å². The van der Waals surface area contributed by atoms with Crippen molar-refractivity contribution >= 4 is 51.2 Å². The van der Waals surface area contributed by atoms with Crippen molar-refractivity contribution in [3.8, 4) is 11.1 Å². The van der Waals surface area contributed by atoms with Crippen molar-refractivity contribution in [2.45, 2.75) is 26.4 Å². The fourth-order valence-corrected chi connectivity index (χ4v) is 2.94. The van der Waals surface area contributed by atoms with Crippen LogP contribution in [0.15, 0.2) is 41.1 Å². The molecular weight excluding hydrogens is 433 g/mol. The number of nitrogens with one attached hydrogen (secondary N) is 1. The lowest BCUT2D eigenvalue weighted by Gasteiger charge is -2.19. The third-order valence-electron chi connectivity index (χ3n) is 3.42. The van der Waals surface area contributed by atoms with E-state index in [0.717, 1.165) is 25.7 Å². The van der Waals surface area contributed by atoms with Crippen molar-refractivity contribution in [1.82, 2.24) is 4.98 Å². The Morgan fingerprint density at radius 2 is 1.96 bits per heavy atom. The summed E-state index contributed by atoms with van der Waals surface area (Å²) >= 11 is 2.16. The highest BCUT2D eigenvalue weighted by Gasteiger charge is 2.17. The standard InChI is InChI=1S/C18H18IN3O3/c1-18(2,3)25-17(23)22-11-6-4-10(5-7-11)12-9-24-15-13(19)8-21-16(20)14(12)15/h4-9H,1-3H3,(H2,20,21)(H,22,23). The molecule has 0 spiro atoms. The van der Waals surface area contributed by atoms with Crippen LogP contribution in [0.5, 0.6) is 0 Å². The molecule has 0 saturated carbocycles. The van der Waals surface area contributed by atoms with E-state index in [0.29, 0.717) is 11.5 Å². The van der Waals surface area contributed by atoms with E-state index in [1.807, 2.05) is 32.9 Å². The third kappa shape index (κ3) is 3.87. The number of carbonyl (C=O) groups excluding carboxylic acids is 1. The van der Waals surface area contributed by atoms with E-state index in [1.54, 1.807) is 24.6 Å². The zero-order valence-electron chi connectivity index (χ0n) is 14.1. The van der Waals surface area contributed by atoms with Crippen LogP contribution in [0, 0.1) is 3.57 Å². The van der Waals surface area contributed by atoms with Crippen LogP contribution in [0.2, 0.25) is 0 Å². The summed E-state index contributed by atoms with van der Waals surface area (Å²) < 4.78 is 11.8. The van der Waals surface area contributed by atoms with E-state index in [9.17, 15) is 4.79 Å². The van der Waals surface area contributed by atoms with Crippen molar-refractivity contribution in [2.24, 2.45) is 0 Å². The number of amides is 1. The highest BCUT2D eigenvalue weighted by Crippen LogP contribution is 2.36. The number of nitrogen functional groups attached to an aromatic ring is 1. The van der Waals surface area contributed by atoms with Gasteiger partial charge in [0.1, 0.15) is 11.4 Å². The molecule has 7 heteroatoms. The molecular formula is C18H18IN3O3. The van der Waals surface area contributed by atoms with Crippen LogP contribution in [-0.4, -0.2) is 16.7 Å². The fourth-order valence-electron chi connectivity index (χ4n) is 2.40. The normalized spacial score (nSPS) is 11.5. The largest absolute Gasteiger partial charge is 0.462 e. The molecule has 6 nitrogen and oxygen atoms in total. The zero-order valence-corrected chi connectivity index (χ0v) is 16.2. The second kappa shape index (κ2) is 6.55. The van der Waals surface area contributed by atoms with E-state index in [4.69, 9.17) is 14.9 Å². The number of ether oxygens (including phenoxy) is 1. The van der Waals surface area contributed by atoms with Crippen molar-refractivity contribution in [1.29, 1.82) is 0 Å². The summed E-state index contributed by atoms with van der Waals surface area (Å²) in [4.78, 5) is 16.0. The first-order valence-electron chi connectivity index (χ1n) is 7.66. The molecule has 1 aromatic carbocycles. The lowest BCUT2D eigenvalue weighted by atomic mass is 10.1. The maximum absolute atomic E-state index is 11.8. The molecule has 0 aliphatic carbocycles. The summed E-state index contributed by atoms with van der Waals surface area (Å²) in [5.74, 6) is 0.426. The molecule has 3 N–H and O–H groups in total. The number of nitrogens with zero attached hydrogens (tertiary/aromatic N) is 1. The SMILES string of the molecule is CC(C)(C)OC(=O)Nc1ccc(-c2coc3c(I)cnc(N)c23)cc1. The average Bonchev–Trinajstić information content (AvgIpc) is 2.96. The minimum absolute atomic E-state index is 0.426. The molecule has 0 bridgehead atoms. The predicted octanol–water partition coefficient (Wildman–Crippen LogP) is 5.03. The second-order valence-electron chi connectivity index (χ2n) is 6.55. The van der Waals surface area contributed by atoms with Gasteiger partial charge in [0.2, 0.25) is 0 Å². The van der Waals surface area contributed by atoms with Crippen molar-refractivity contribution in [2.75, 3.05) is 11.1 Å². The Bertz CT molecular complexity index is 927. The molecule has 2 aromatic heterocycles. The summed E-state index contributed by atoms with van der Waals surface area (Å²) in [6, 6.07) is 7.37. The number of aromatic nitrogens is 1. The predicted molar refractivity (Wildman–Crippen MR) is 106 cm³/mol. The Morgan fingerprint density at radius 3 is 2.60 bits per heavy atom. The van der Waals surface area contributed by atoms with E-state index in [-0.39, 0.29) is 0 Å². The molecule has 0 radical (unpaired) electrons. The van der Waals surface area contributed by atoms with Gasteiger partial charge in [-0.25, -0.2) is 9.78 Å². The van der Waals surface area contributed by atoms with Gasteiger partial charge in [0.15, 0.2) is 5.58 Å². The first kappa shape index (κ1) is 17.5. The molecule has 130 valence electrons. The average molecular weight is 451 g/mol. The highest BCUT2D eigenvalue weighted by molar-refractivity contribution is 14.1. The Morgan fingerprint density at radius 1 is 1.28 bits per heavy atom. The minimum atomic E-state index is -0.540. The smallest absolute Gasteiger partial charge is 0.412 e. The molecule has 1 amide bonds. The molecule has 0 saturated heterocycles. The van der Waals surface area contributed by atoms with Crippen LogP contribution >= 0.6 is 22.6 Å². The van der Waals surface area contributed by atoms with Crippen molar-refractivity contribution < 1.29 is 13.9 Å². The molecule has 0 fully saturated rings. The summed E-state index contributed by atoms with van der Waals surface area (Å²) in [5.41, 5.74) is 8.62. The third-order valence-corrected chi connectivity index (χ3v) is 4.19. The quantitative estimate of drug-likeness (QED) is 0.534. The summed E-state index contributed by atoms with van der Waals surface area (Å²) in [7, 11) is 0. The molecule has 0 atom stereocenters. The van der Waals surface area contributed by atoms with Gasteiger partial charge in [0.05, 0.1) is 15.2 Å². The second-order valence-corrected chi connectivity index (χ2v) is 7.71. The number of fused-ring (bicyclic) bond motifs is 1. The van der Waals surface area contributed by atoms with E-state index >= 15 is 0 Å². The zero-order chi connectivity index (χ0) is 18.2. The lowest BCUT2D eigenvalue weighted by Crippen LogP contribution is -2.27. The van der Waals surface area contributed by atoms with E-state index in [1.165, 1.54) is 0 Å². The van der Waals surface area contributed by atoms with Crippen LogP contribution in [0.3, 0.4) is 0 Å². The van der Waals surface area contributed by atoms with Crippen LogP contribution in [0.4, 0.5) is 16.3 Å². The Labute approximate surface area is 158 Å². The molecule has 0 aliphatic heterocycles. The fraction of sp³-hybridized carbons (Fsp3) is 0.222. The van der Waals surface area contributed by atoms with Gasteiger partial charge in [-0.15, -0.1) is 0 Å². The molecule has 3 rings (SSSR count). The number of benzene rings is 1. The topological polar surface area (TPSA) is 90.4 Å². The van der Waals surface area contributed by atoms with E-state index in [2.05, 4.69) is 32.9 Å². The van der Waals surface area contributed by atoms with Crippen LogP contribution < -0.4 is 11.1 Å². The Kier molecular flexibility index (Phi) is 4.59. The summed E-state index contributed by atoms with van der Waals surface area (Å²) in [6.45, 7) is 5.46. The number of halogens is 1. The molecule has 0 unspecified atom stereocenters. The number of furan rings is 1. The number of anilines is 2. The Balaban J connectivity index is 1.86. The summed E-state index contributed by atoms with van der Waals surface area (Å²) in [5, 5.41) is 3.50. The number of pyridine rings is 1. The number of carbonyl (C=O) groups is 1. The van der Waals surface area contributed by atoms with Crippen LogP contribution in [0.1, 0.15) is 20.8 Å².